The van der Waals surface area contributed by atoms with Gasteiger partial charge in [-0.1, -0.05) is 0 Å². The van der Waals surface area contributed by atoms with Gasteiger partial charge in [0.1, 0.15) is 5.75 Å². The van der Waals surface area contributed by atoms with Crippen LogP contribution in [0.4, 0.5) is 5.69 Å². The summed E-state index contributed by atoms with van der Waals surface area (Å²) in [5.41, 5.74) is 3.88. The minimum absolute atomic E-state index is 0.151. The van der Waals surface area contributed by atoms with Gasteiger partial charge in [-0.15, -0.1) is 0 Å². The Hall–Kier alpha value is -3.06. The van der Waals surface area contributed by atoms with Gasteiger partial charge in [-0.2, -0.15) is 0 Å². The summed E-state index contributed by atoms with van der Waals surface area (Å²) in [6, 6.07) is 9.62. The summed E-state index contributed by atoms with van der Waals surface area (Å²) in [6.07, 6.45) is 5.26. The predicted molar refractivity (Wildman–Crippen MR) is 109 cm³/mol. The van der Waals surface area contributed by atoms with Gasteiger partial charge in [-0.05, 0) is 55.1 Å². The standard InChI is InChI=1S/C20H18N4O2S/c1-12-15(16-9-14(26-3)6-7-17(16)24(12)2)10-18-19(25)23-20(27-18)22-13-5-4-8-21-11-13/h4-11H,1-3H3,(H,22,23,25)/b18-10-. The SMILES string of the molecule is COc1ccc2c(c1)c(/C=C1\SC(=Nc3cccnc3)NC1=O)c(C)n2C. The molecule has 0 bridgehead atoms. The van der Waals surface area contributed by atoms with Crippen LogP contribution in [-0.2, 0) is 11.8 Å². The lowest BCUT2D eigenvalue weighted by molar-refractivity contribution is -0.115. The molecule has 6 nitrogen and oxygen atoms in total. The predicted octanol–water partition coefficient (Wildman–Crippen LogP) is 3.78. The Kier molecular flexibility index (Phi) is 4.45. The number of carbonyl (C=O) groups is 1. The van der Waals surface area contributed by atoms with E-state index in [0.29, 0.717) is 15.8 Å². The number of nitrogens with one attached hydrogen (secondary N) is 1. The molecule has 1 aliphatic heterocycles. The summed E-state index contributed by atoms with van der Waals surface area (Å²) in [6.45, 7) is 2.04. The van der Waals surface area contributed by atoms with Gasteiger partial charge in [-0.3, -0.25) is 9.78 Å². The molecule has 7 heteroatoms. The van der Waals surface area contributed by atoms with Crippen molar-refractivity contribution in [3.05, 3.63) is 58.9 Å². The Labute approximate surface area is 161 Å². The highest BCUT2D eigenvalue weighted by Crippen LogP contribution is 2.34. The van der Waals surface area contributed by atoms with E-state index in [9.17, 15) is 4.79 Å². The lowest BCUT2D eigenvalue weighted by Crippen LogP contribution is -2.19. The molecule has 1 aliphatic rings. The van der Waals surface area contributed by atoms with E-state index in [1.165, 1.54) is 11.8 Å². The van der Waals surface area contributed by atoms with Gasteiger partial charge >= 0.3 is 0 Å². The van der Waals surface area contributed by atoms with Crippen molar-refractivity contribution in [1.82, 2.24) is 14.9 Å². The molecule has 136 valence electrons. The van der Waals surface area contributed by atoms with Crippen molar-refractivity contribution in [1.29, 1.82) is 0 Å². The molecule has 3 aromatic rings. The Morgan fingerprint density at radius 3 is 2.93 bits per heavy atom. The summed E-state index contributed by atoms with van der Waals surface area (Å²) in [5, 5.41) is 4.42. The van der Waals surface area contributed by atoms with Crippen LogP contribution < -0.4 is 10.1 Å². The molecule has 27 heavy (non-hydrogen) atoms. The largest absolute Gasteiger partial charge is 0.497 e. The number of carbonyl (C=O) groups excluding carboxylic acids is 1. The molecule has 1 fully saturated rings. The van der Waals surface area contributed by atoms with Gasteiger partial charge in [0.15, 0.2) is 5.17 Å². The highest BCUT2D eigenvalue weighted by atomic mass is 32.2. The Balaban J connectivity index is 1.74. The third kappa shape index (κ3) is 3.21. The summed E-state index contributed by atoms with van der Waals surface area (Å²) in [5.74, 6) is 0.636. The Morgan fingerprint density at radius 1 is 1.33 bits per heavy atom. The van der Waals surface area contributed by atoms with Crippen molar-refractivity contribution in [2.75, 3.05) is 7.11 Å². The molecule has 1 amide bonds. The van der Waals surface area contributed by atoms with Crippen molar-refractivity contribution in [2.45, 2.75) is 6.92 Å². The molecule has 2 aromatic heterocycles. The van der Waals surface area contributed by atoms with E-state index in [4.69, 9.17) is 4.74 Å². The first kappa shape index (κ1) is 17.4. The number of ether oxygens (including phenoxy) is 1. The minimum Gasteiger partial charge on any atom is -0.497 e. The second kappa shape index (κ2) is 6.92. The van der Waals surface area contributed by atoms with Gasteiger partial charge in [0, 0.05) is 35.4 Å². The summed E-state index contributed by atoms with van der Waals surface area (Å²) >= 11 is 1.33. The molecule has 0 aliphatic carbocycles. The molecule has 0 spiro atoms. The number of hydrogen-bond acceptors (Lipinski definition) is 5. The lowest BCUT2D eigenvalue weighted by atomic mass is 10.1. The zero-order valence-electron chi connectivity index (χ0n) is 15.2. The maximum absolute atomic E-state index is 12.4. The fraction of sp³-hybridized carbons (Fsp3) is 0.150. The molecular formula is C20H18N4O2S. The average molecular weight is 378 g/mol. The fourth-order valence-electron chi connectivity index (χ4n) is 3.04. The molecule has 0 saturated carbocycles. The number of aliphatic imine (C=N–C) groups is 1. The number of aromatic nitrogens is 2. The van der Waals surface area contributed by atoms with Crippen molar-refractivity contribution in [3.8, 4) is 5.75 Å². The molecular weight excluding hydrogens is 360 g/mol. The summed E-state index contributed by atoms with van der Waals surface area (Å²) in [7, 11) is 3.67. The van der Waals surface area contributed by atoms with E-state index < -0.39 is 0 Å². The number of nitrogens with zero attached hydrogens (tertiary/aromatic N) is 3. The highest BCUT2D eigenvalue weighted by molar-refractivity contribution is 8.18. The number of pyridine rings is 1. The Bertz CT molecular complexity index is 1100. The maximum atomic E-state index is 12.4. The lowest BCUT2D eigenvalue weighted by Gasteiger charge is -2.01. The van der Waals surface area contributed by atoms with Crippen molar-refractivity contribution in [3.63, 3.8) is 0 Å². The van der Waals surface area contributed by atoms with E-state index >= 15 is 0 Å². The topological polar surface area (TPSA) is 68.5 Å². The summed E-state index contributed by atoms with van der Waals surface area (Å²) in [4.78, 5) is 21.5. The van der Waals surface area contributed by atoms with Crippen molar-refractivity contribution >= 4 is 45.5 Å². The molecule has 1 N–H and O–H groups in total. The van der Waals surface area contributed by atoms with Gasteiger partial charge < -0.3 is 14.6 Å². The molecule has 0 unspecified atom stereocenters. The second-order valence-electron chi connectivity index (χ2n) is 6.13. The van der Waals surface area contributed by atoms with Gasteiger partial charge in [0.25, 0.3) is 5.91 Å². The summed E-state index contributed by atoms with van der Waals surface area (Å²) < 4.78 is 7.48. The number of rotatable bonds is 3. The average Bonchev–Trinajstić information content (AvgIpc) is 3.14. The maximum Gasteiger partial charge on any atom is 0.264 e. The number of thioether (sulfide) groups is 1. The zero-order valence-corrected chi connectivity index (χ0v) is 16.0. The van der Waals surface area contributed by atoms with E-state index in [0.717, 1.165) is 27.9 Å². The smallest absolute Gasteiger partial charge is 0.264 e. The third-order valence-corrected chi connectivity index (χ3v) is 5.46. The number of amides is 1. The van der Waals surface area contributed by atoms with Crippen LogP contribution >= 0.6 is 11.8 Å². The van der Waals surface area contributed by atoms with Crippen LogP contribution in [-0.4, -0.2) is 27.7 Å². The number of aryl methyl sites for hydroxylation is 1. The fourth-order valence-corrected chi connectivity index (χ4v) is 3.86. The number of methoxy groups -OCH3 is 1. The van der Waals surface area contributed by atoms with Crippen LogP contribution in [0.1, 0.15) is 11.3 Å². The normalized spacial score (nSPS) is 17.1. The van der Waals surface area contributed by atoms with Crippen LogP contribution in [0.5, 0.6) is 5.75 Å². The number of benzene rings is 1. The van der Waals surface area contributed by atoms with Gasteiger partial charge in [0.2, 0.25) is 0 Å². The highest BCUT2D eigenvalue weighted by Gasteiger charge is 2.25. The first-order valence-electron chi connectivity index (χ1n) is 8.39. The molecule has 0 radical (unpaired) electrons. The van der Waals surface area contributed by atoms with Crippen molar-refractivity contribution in [2.24, 2.45) is 12.0 Å². The second-order valence-corrected chi connectivity index (χ2v) is 7.16. The molecule has 4 rings (SSSR count). The van der Waals surface area contributed by atoms with Crippen LogP contribution in [0.2, 0.25) is 0 Å². The first-order chi connectivity index (χ1) is 13.1. The molecule has 1 saturated heterocycles. The third-order valence-electron chi connectivity index (χ3n) is 4.55. The quantitative estimate of drug-likeness (QED) is 0.704. The monoisotopic (exact) mass is 378 g/mol. The number of hydrogen-bond donors (Lipinski definition) is 1. The first-order valence-corrected chi connectivity index (χ1v) is 9.21. The van der Waals surface area contributed by atoms with Crippen LogP contribution in [0, 0.1) is 6.92 Å². The number of amidine groups is 1. The van der Waals surface area contributed by atoms with E-state index in [1.54, 1.807) is 19.5 Å². The van der Waals surface area contributed by atoms with Crippen molar-refractivity contribution < 1.29 is 9.53 Å². The molecule has 3 heterocycles. The Morgan fingerprint density at radius 2 is 2.19 bits per heavy atom. The van der Waals surface area contributed by atoms with Crippen LogP contribution in [0.25, 0.3) is 17.0 Å². The van der Waals surface area contributed by atoms with Gasteiger partial charge in [0.05, 0.1) is 23.9 Å². The van der Waals surface area contributed by atoms with Gasteiger partial charge in [-0.25, -0.2) is 4.99 Å². The van der Waals surface area contributed by atoms with Crippen LogP contribution in [0.15, 0.2) is 52.6 Å². The molecule has 0 atom stereocenters. The minimum atomic E-state index is -0.151. The van der Waals surface area contributed by atoms with Crippen LogP contribution in [0.3, 0.4) is 0 Å². The van der Waals surface area contributed by atoms with E-state index in [1.807, 2.05) is 50.4 Å². The number of fused-ring (bicyclic) bond motifs is 1. The van der Waals surface area contributed by atoms with E-state index in [-0.39, 0.29) is 5.91 Å². The molecule has 1 aromatic carbocycles. The van der Waals surface area contributed by atoms with E-state index in [2.05, 4.69) is 19.9 Å². The zero-order chi connectivity index (χ0) is 19.0.